The van der Waals surface area contributed by atoms with Crippen molar-refractivity contribution < 1.29 is 0 Å². The molecule has 2 N–H and O–H groups in total. The van der Waals surface area contributed by atoms with Crippen LogP contribution < -0.4 is 0 Å². The third-order valence-electron chi connectivity index (χ3n) is 1.86. The zero-order valence-corrected chi connectivity index (χ0v) is 8.67. The Balaban J connectivity index is 1.69. The van der Waals surface area contributed by atoms with Crippen molar-refractivity contribution in [2.75, 3.05) is 13.1 Å². The first-order valence-corrected chi connectivity index (χ1v) is 4.91. The Morgan fingerprint density at radius 3 is 1.81 bits per heavy atom. The molecule has 2 rings (SSSR count). The molecule has 0 spiro atoms. The third-order valence-corrected chi connectivity index (χ3v) is 1.86. The summed E-state index contributed by atoms with van der Waals surface area (Å²) in [4.78, 5) is 22.0. The van der Waals surface area contributed by atoms with Crippen LogP contribution in [0.15, 0.2) is 35.0 Å². The van der Waals surface area contributed by atoms with Gasteiger partial charge in [0.05, 0.1) is 49.5 Å². The van der Waals surface area contributed by atoms with Crippen LogP contribution in [0.3, 0.4) is 0 Å². The smallest absolute Gasteiger partial charge is 0.0924 e. The van der Waals surface area contributed by atoms with E-state index in [-0.39, 0.29) is 0 Å². The predicted octanol–water partition coefficient (Wildman–Crippen LogP) is 0.671. The molecule has 0 aromatic carbocycles. The molecule has 0 saturated carbocycles. The number of H-pyrrole nitrogens is 2. The molecule has 16 heavy (non-hydrogen) atoms. The molecular weight excluding hydrogens is 204 g/mol. The maximum absolute atomic E-state index is 4.20. The minimum Gasteiger partial charge on any atom is -0.344 e. The molecule has 0 saturated heterocycles. The van der Waals surface area contributed by atoms with E-state index in [4.69, 9.17) is 0 Å². The number of aromatic amines is 2. The van der Waals surface area contributed by atoms with Gasteiger partial charge in [-0.25, -0.2) is 9.97 Å². The van der Waals surface area contributed by atoms with Crippen LogP contribution in [0.4, 0.5) is 0 Å². The van der Waals surface area contributed by atoms with E-state index in [2.05, 4.69) is 29.9 Å². The van der Waals surface area contributed by atoms with E-state index in [0.717, 1.165) is 11.4 Å². The molecule has 0 bridgehead atoms. The fourth-order valence-electron chi connectivity index (χ4n) is 1.12. The van der Waals surface area contributed by atoms with Gasteiger partial charge >= 0.3 is 0 Å². The van der Waals surface area contributed by atoms with Gasteiger partial charge in [0.1, 0.15) is 0 Å². The lowest BCUT2D eigenvalue weighted by Gasteiger charge is -1.88. The number of rotatable bonds is 5. The van der Waals surface area contributed by atoms with Gasteiger partial charge in [0, 0.05) is 12.4 Å². The van der Waals surface area contributed by atoms with Crippen molar-refractivity contribution in [2.24, 2.45) is 9.98 Å². The summed E-state index contributed by atoms with van der Waals surface area (Å²) in [7, 11) is 0. The summed E-state index contributed by atoms with van der Waals surface area (Å²) in [5.74, 6) is 0. The number of hydrogen-bond acceptors (Lipinski definition) is 4. The van der Waals surface area contributed by atoms with Gasteiger partial charge in [-0.05, 0) is 0 Å². The zero-order chi connectivity index (χ0) is 11.1. The first-order chi connectivity index (χ1) is 7.95. The molecule has 0 aliphatic rings. The maximum Gasteiger partial charge on any atom is 0.0924 e. The highest BCUT2D eigenvalue weighted by molar-refractivity contribution is 5.77. The normalized spacial score (nSPS) is 11.8. The standard InChI is InChI=1S/C10H12N6/c1(11-3-9-5-13-7-15-9)2-12-4-10-6-14-8-16-10/h3-8H,1-2H2,(H,13,15)(H,14,16). The summed E-state index contributed by atoms with van der Waals surface area (Å²) < 4.78 is 0. The van der Waals surface area contributed by atoms with E-state index in [1.165, 1.54) is 0 Å². The lowest BCUT2D eigenvalue weighted by molar-refractivity contribution is 0.983. The lowest BCUT2D eigenvalue weighted by atomic mass is 10.5. The molecule has 0 fully saturated rings. The van der Waals surface area contributed by atoms with E-state index in [9.17, 15) is 0 Å². The van der Waals surface area contributed by atoms with E-state index in [0.29, 0.717) is 13.1 Å². The Bertz CT molecular complexity index is 395. The van der Waals surface area contributed by atoms with Crippen LogP contribution in [0.1, 0.15) is 11.4 Å². The Morgan fingerprint density at radius 1 is 0.938 bits per heavy atom. The highest BCUT2D eigenvalue weighted by atomic mass is 14.9. The lowest BCUT2D eigenvalue weighted by Crippen LogP contribution is -1.90. The molecule has 0 atom stereocenters. The van der Waals surface area contributed by atoms with Crippen molar-refractivity contribution in [3.8, 4) is 0 Å². The van der Waals surface area contributed by atoms with Gasteiger partial charge in [-0.2, -0.15) is 0 Å². The Kier molecular flexibility index (Phi) is 3.60. The fraction of sp³-hybridized carbons (Fsp3) is 0.200. The molecule has 0 aliphatic carbocycles. The van der Waals surface area contributed by atoms with Crippen molar-refractivity contribution in [1.29, 1.82) is 0 Å². The monoisotopic (exact) mass is 216 g/mol. The van der Waals surface area contributed by atoms with Crippen molar-refractivity contribution in [2.45, 2.75) is 0 Å². The van der Waals surface area contributed by atoms with Gasteiger partial charge in [-0.1, -0.05) is 0 Å². The van der Waals surface area contributed by atoms with Gasteiger partial charge in [0.2, 0.25) is 0 Å². The summed E-state index contributed by atoms with van der Waals surface area (Å²) in [6.45, 7) is 1.31. The number of hydrogen-bond donors (Lipinski definition) is 2. The van der Waals surface area contributed by atoms with Gasteiger partial charge in [0.25, 0.3) is 0 Å². The van der Waals surface area contributed by atoms with E-state index < -0.39 is 0 Å². The summed E-state index contributed by atoms with van der Waals surface area (Å²) >= 11 is 0. The van der Waals surface area contributed by atoms with Gasteiger partial charge < -0.3 is 9.97 Å². The third kappa shape index (κ3) is 3.16. The number of nitrogens with zero attached hydrogens (tertiary/aromatic N) is 4. The molecule has 2 heterocycles. The highest BCUT2D eigenvalue weighted by Crippen LogP contribution is 1.86. The van der Waals surface area contributed by atoms with E-state index in [1.54, 1.807) is 37.5 Å². The largest absolute Gasteiger partial charge is 0.344 e. The molecule has 0 aliphatic heterocycles. The molecule has 0 amide bonds. The zero-order valence-electron chi connectivity index (χ0n) is 8.67. The van der Waals surface area contributed by atoms with Crippen molar-refractivity contribution in [3.05, 3.63) is 36.4 Å². The predicted molar refractivity (Wildman–Crippen MR) is 62.1 cm³/mol. The maximum atomic E-state index is 4.20. The van der Waals surface area contributed by atoms with Crippen LogP contribution in [0.5, 0.6) is 0 Å². The second-order valence-corrected chi connectivity index (χ2v) is 3.08. The van der Waals surface area contributed by atoms with Crippen LogP contribution >= 0.6 is 0 Å². The van der Waals surface area contributed by atoms with Crippen LogP contribution in [-0.2, 0) is 0 Å². The quantitative estimate of drug-likeness (QED) is 0.569. The van der Waals surface area contributed by atoms with Crippen molar-refractivity contribution in [3.63, 3.8) is 0 Å². The minimum absolute atomic E-state index is 0.656. The minimum atomic E-state index is 0.656. The molecule has 0 radical (unpaired) electrons. The van der Waals surface area contributed by atoms with Crippen LogP contribution in [0.25, 0.3) is 0 Å². The number of imidazole rings is 2. The van der Waals surface area contributed by atoms with E-state index in [1.807, 2.05) is 0 Å². The van der Waals surface area contributed by atoms with Crippen LogP contribution in [0.2, 0.25) is 0 Å². The number of aromatic nitrogens is 4. The molecular formula is C10H12N6. The Labute approximate surface area is 92.6 Å². The topological polar surface area (TPSA) is 82.1 Å². The molecule has 6 nitrogen and oxygen atoms in total. The average Bonchev–Trinajstić information content (AvgIpc) is 2.96. The number of aliphatic imine (C=N–C) groups is 2. The van der Waals surface area contributed by atoms with Gasteiger partial charge in [-0.15, -0.1) is 0 Å². The second kappa shape index (κ2) is 5.59. The number of nitrogens with one attached hydrogen (secondary N) is 2. The SMILES string of the molecule is C(=NCCN=Cc1cnc[nH]1)c1cnc[nH]1. The second-order valence-electron chi connectivity index (χ2n) is 3.08. The van der Waals surface area contributed by atoms with Crippen molar-refractivity contribution in [1.82, 2.24) is 19.9 Å². The fourth-order valence-corrected chi connectivity index (χ4v) is 1.12. The molecule has 2 aromatic rings. The molecule has 6 heteroatoms. The Morgan fingerprint density at radius 2 is 1.44 bits per heavy atom. The van der Waals surface area contributed by atoms with E-state index >= 15 is 0 Å². The summed E-state index contributed by atoms with van der Waals surface area (Å²) in [5, 5.41) is 0. The molecule has 82 valence electrons. The first-order valence-electron chi connectivity index (χ1n) is 4.91. The molecule has 0 unspecified atom stereocenters. The highest BCUT2D eigenvalue weighted by Gasteiger charge is 1.86. The van der Waals surface area contributed by atoms with Crippen LogP contribution in [-0.4, -0.2) is 45.5 Å². The first kappa shape index (κ1) is 10.3. The van der Waals surface area contributed by atoms with Gasteiger partial charge in [-0.3, -0.25) is 9.98 Å². The summed E-state index contributed by atoms with van der Waals surface area (Å²) in [6, 6.07) is 0. The summed E-state index contributed by atoms with van der Waals surface area (Å²) in [5.41, 5.74) is 1.80. The molecule has 2 aromatic heterocycles. The Hall–Kier alpha value is -2.24. The summed E-state index contributed by atoms with van der Waals surface area (Å²) in [6.07, 6.45) is 10.2. The average molecular weight is 216 g/mol. The van der Waals surface area contributed by atoms with Crippen molar-refractivity contribution >= 4 is 12.4 Å². The van der Waals surface area contributed by atoms with Gasteiger partial charge in [0.15, 0.2) is 0 Å². The van der Waals surface area contributed by atoms with Crippen LogP contribution in [0, 0.1) is 0 Å².